The minimum absolute atomic E-state index is 0. The SMILES string of the molecule is CC(C)C[C@H](N)C(=O)N1CCN(C(C)C(F)(F)F)CC1.Cl.Cl. The van der Waals surface area contributed by atoms with Gasteiger partial charge in [-0.05, 0) is 19.3 Å². The van der Waals surface area contributed by atoms with Gasteiger partial charge in [-0.1, -0.05) is 13.8 Å². The molecule has 9 heteroatoms. The number of hydrogen-bond acceptors (Lipinski definition) is 3. The second-order valence-electron chi connectivity index (χ2n) is 5.81. The van der Waals surface area contributed by atoms with Gasteiger partial charge < -0.3 is 10.6 Å². The molecule has 4 nitrogen and oxygen atoms in total. The second-order valence-corrected chi connectivity index (χ2v) is 5.81. The Labute approximate surface area is 142 Å². The fourth-order valence-electron chi connectivity index (χ4n) is 2.38. The van der Waals surface area contributed by atoms with Crippen molar-refractivity contribution >= 4 is 30.7 Å². The molecule has 1 aliphatic rings. The van der Waals surface area contributed by atoms with Gasteiger partial charge in [0.2, 0.25) is 5.91 Å². The van der Waals surface area contributed by atoms with Gasteiger partial charge in [0, 0.05) is 26.2 Å². The Bertz CT molecular complexity index is 335. The molecule has 1 unspecified atom stereocenters. The predicted molar refractivity (Wildman–Crippen MR) is 85.6 cm³/mol. The average molecular weight is 368 g/mol. The number of carbonyl (C=O) groups excluding carboxylic acids is 1. The zero-order chi connectivity index (χ0) is 15.5. The van der Waals surface area contributed by atoms with E-state index in [1.165, 1.54) is 4.90 Å². The summed E-state index contributed by atoms with van der Waals surface area (Å²) in [5, 5.41) is 0. The van der Waals surface area contributed by atoms with Gasteiger partial charge in [0.25, 0.3) is 0 Å². The summed E-state index contributed by atoms with van der Waals surface area (Å²) < 4.78 is 37.9. The van der Waals surface area contributed by atoms with Crippen molar-refractivity contribution in [2.24, 2.45) is 11.7 Å². The molecule has 134 valence electrons. The first kappa shape index (κ1) is 24.0. The van der Waals surface area contributed by atoms with Crippen LogP contribution in [0, 0.1) is 5.92 Å². The lowest BCUT2D eigenvalue weighted by atomic mass is 10.0. The van der Waals surface area contributed by atoms with E-state index in [4.69, 9.17) is 5.73 Å². The summed E-state index contributed by atoms with van der Waals surface area (Å²) in [5.41, 5.74) is 5.83. The van der Waals surface area contributed by atoms with Crippen molar-refractivity contribution in [1.82, 2.24) is 9.80 Å². The summed E-state index contributed by atoms with van der Waals surface area (Å²) in [6, 6.07) is -2.02. The van der Waals surface area contributed by atoms with E-state index in [-0.39, 0.29) is 43.8 Å². The largest absolute Gasteiger partial charge is 0.403 e. The smallest absolute Gasteiger partial charge is 0.339 e. The first-order valence-electron chi connectivity index (χ1n) is 6.98. The molecule has 1 heterocycles. The van der Waals surface area contributed by atoms with Crippen molar-refractivity contribution in [3.63, 3.8) is 0 Å². The van der Waals surface area contributed by atoms with Crippen LogP contribution in [-0.2, 0) is 4.79 Å². The van der Waals surface area contributed by atoms with Crippen molar-refractivity contribution in [1.29, 1.82) is 0 Å². The van der Waals surface area contributed by atoms with E-state index < -0.39 is 18.3 Å². The zero-order valence-electron chi connectivity index (χ0n) is 13.1. The monoisotopic (exact) mass is 367 g/mol. The first-order valence-corrected chi connectivity index (χ1v) is 6.98. The van der Waals surface area contributed by atoms with Crippen LogP contribution in [0.2, 0.25) is 0 Å². The minimum atomic E-state index is -4.22. The molecule has 1 aliphatic heterocycles. The van der Waals surface area contributed by atoms with Crippen LogP contribution < -0.4 is 5.73 Å². The molecule has 2 N–H and O–H groups in total. The quantitative estimate of drug-likeness (QED) is 0.829. The Hall–Kier alpha value is -0.240. The van der Waals surface area contributed by atoms with Crippen LogP contribution >= 0.6 is 24.8 Å². The van der Waals surface area contributed by atoms with E-state index in [0.717, 1.165) is 6.92 Å². The standard InChI is InChI=1S/C13H24F3N3O.2ClH/c1-9(2)8-11(17)12(20)19-6-4-18(5-7-19)10(3)13(14,15)16;;/h9-11H,4-8,17H2,1-3H3;2*1H/t10?,11-;;/m0../s1. The molecule has 0 spiro atoms. The van der Waals surface area contributed by atoms with Gasteiger partial charge in [0.05, 0.1) is 6.04 Å². The molecule has 22 heavy (non-hydrogen) atoms. The molecular weight excluding hydrogens is 342 g/mol. The number of carbonyl (C=O) groups is 1. The van der Waals surface area contributed by atoms with Gasteiger partial charge in [-0.25, -0.2) is 0 Å². The van der Waals surface area contributed by atoms with E-state index in [1.54, 1.807) is 4.90 Å². The van der Waals surface area contributed by atoms with Crippen molar-refractivity contribution in [2.75, 3.05) is 26.2 Å². The summed E-state index contributed by atoms with van der Waals surface area (Å²) in [6.45, 7) is 6.21. The molecule has 1 amide bonds. The Morgan fingerprint density at radius 1 is 1.09 bits per heavy atom. The van der Waals surface area contributed by atoms with Crippen LogP contribution in [0.3, 0.4) is 0 Å². The van der Waals surface area contributed by atoms with E-state index in [0.29, 0.717) is 25.4 Å². The number of rotatable bonds is 4. The molecule has 0 bridgehead atoms. The van der Waals surface area contributed by atoms with Crippen molar-refractivity contribution in [3.8, 4) is 0 Å². The number of alkyl halides is 3. The lowest BCUT2D eigenvalue weighted by molar-refractivity contribution is -0.183. The highest BCUT2D eigenvalue weighted by atomic mass is 35.5. The number of nitrogens with zero attached hydrogens (tertiary/aromatic N) is 2. The fraction of sp³-hybridized carbons (Fsp3) is 0.923. The number of nitrogens with two attached hydrogens (primary N) is 1. The summed E-state index contributed by atoms with van der Waals surface area (Å²) in [7, 11) is 0. The maximum atomic E-state index is 12.6. The van der Waals surface area contributed by atoms with Crippen LogP contribution in [-0.4, -0.2) is 60.1 Å². The molecule has 0 aromatic carbocycles. The van der Waals surface area contributed by atoms with Crippen molar-refractivity contribution in [2.45, 2.75) is 45.5 Å². The predicted octanol–water partition coefficient (Wildman–Crippen LogP) is 2.30. The van der Waals surface area contributed by atoms with Crippen molar-refractivity contribution < 1.29 is 18.0 Å². The molecule has 1 saturated heterocycles. The van der Waals surface area contributed by atoms with E-state index in [9.17, 15) is 18.0 Å². The van der Waals surface area contributed by atoms with Gasteiger partial charge in [-0.2, -0.15) is 13.2 Å². The third kappa shape index (κ3) is 6.89. The highest BCUT2D eigenvalue weighted by Gasteiger charge is 2.41. The molecular formula is C13H26Cl2F3N3O. The normalized spacial score (nSPS) is 19.2. The van der Waals surface area contributed by atoms with Crippen LogP contribution in [0.15, 0.2) is 0 Å². The Morgan fingerprint density at radius 2 is 1.55 bits per heavy atom. The van der Waals surface area contributed by atoms with Crippen molar-refractivity contribution in [3.05, 3.63) is 0 Å². The first-order chi connectivity index (χ1) is 9.12. The molecule has 0 saturated carbocycles. The molecule has 1 rings (SSSR count). The van der Waals surface area contributed by atoms with Gasteiger partial charge in [0.15, 0.2) is 0 Å². The zero-order valence-corrected chi connectivity index (χ0v) is 14.7. The van der Waals surface area contributed by atoms with Gasteiger partial charge in [-0.3, -0.25) is 9.69 Å². The van der Waals surface area contributed by atoms with Crippen LogP contribution in [0.4, 0.5) is 13.2 Å². The second kappa shape index (κ2) is 9.80. The van der Waals surface area contributed by atoms with Gasteiger partial charge in [-0.15, -0.1) is 24.8 Å². The maximum absolute atomic E-state index is 12.6. The lowest BCUT2D eigenvalue weighted by Crippen LogP contribution is -2.57. The topological polar surface area (TPSA) is 49.6 Å². The number of hydrogen-bond donors (Lipinski definition) is 1. The van der Waals surface area contributed by atoms with Crippen LogP contribution in [0.5, 0.6) is 0 Å². The summed E-state index contributed by atoms with van der Waals surface area (Å²) in [6.07, 6.45) is -3.63. The summed E-state index contributed by atoms with van der Waals surface area (Å²) in [4.78, 5) is 15.0. The summed E-state index contributed by atoms with van der Waals surface area (Å²) in [5.74, 6) is 0.165. The number of amides is 1. The van der Waals surface area contributed by atoms with E-state index >= 15 is 0 Å². The number of piperazine rings is 1. The molecule has 0 aliphatic carbocycles. The van der Waals surface area contributed by atoms with Crippen LogP contribution in [0.1, 0.15) is 27.2 Å². The summed E-state index contributed by atoms with van der Waals surface area (Å²) >= 11 is 0. The minimum Gasteiger partial charge on any atom is -0.339 e. The number of halogens is 5. The molecule has 1 fully saturated rings. The Balaban J connectivity index is 0. The highest BCUT2D eigenvalue weighted by molar-refractivity contribution is 5.85. The average Bonchev–Trinajstić information content (AvgIpc) is 2.35. The Kier molecular flexibility index (Phi) is 10.7. The molecule has 0 radical (unpaired) electrons. The molecule has 0 aromatic rings. The fourth-order valence-corrected chi connectivity index (χ4v) is 2.38. The van der Waals surface area contributed by atoms with Gasteiger partial charge >= 0.3 is 6.18 Å². The molecule has 2 atom stereocenters. The highest BCUT2D eigenvalue weighted by Crippen LogP contribution is 2.25. The third-order valence-electron chi connectivity index (χ3n) is 3.69. The maximum Gasteiger partial charge on any atom is 0.403 e. The van der Waals surface area contributed by atoms with Crippen LogP contribution in [0.25, 0.3) is 0 Å². The van der Waals surface area contributed by atoms with E-state index in [2.05, 4.69) is 0 Å². The van der Waals surface area contributed by atoms with Gasteiger partial charge in [0.1, 0.15) is 6.04 Å². The van der Waals surface area contributed by atoms with E-state index in [1.807, 2.05) is 13.8 Å². The lowest BCUT2D eigenvalue weighted by Gasteiger charge is -2.39. The molecule has 0 aromatic heterocycles. The third-order valence-corrected chi connectivity index (χ3v) is 3.69. The Morgan fingerprint density at radius 3 is 1.91 bits per heavy atom.